The molecule has 0 spiro atoms. The Morgan fingerprint density at radius 1 is 0.947 bits per heavy atom. The number of rotatable bonds is 12. The first-order valence-corrected chi connectivity index (χ1v) is 15.3. The van der Waals surface area contributed by atoms with E-state index in [0.29, 0.717) is 31.0 Å². The minimum atomic E-state index is -3.82. The molecular formula is C29H36N2O5S2. The summed E-state index contributed by atoms with van der Waals surface area (Å²) in [5.41, 5.74) is 1.01. The van der Waals surface area contributed by atoms with E-state index in [2.05, 4.69) is 0 Å². The van der Waals surface area contributed by atoms with Gasteiger partial charge in [0.25, 0.3) is 0 Å². The average Bonchev–Trinajstić information content (AvgIpc) is 3.47. The van der Waals surface area contributed by atoms with E-state index >= 15 is 0 Å². The second-order valence-corrected chi connectivity index (χ2v) is 12.4. The molecule has 0 radical (unpaired) electrons. The molecule has 7 nitrogen and oxygen atoms in total. The molecule has 204 valence electrons. The lowest BCUT2D eigenvalue weighted by Crippen LogP contribution is -2.48. The molecule has 1 saturated carbocycles. The molecule has 1 fully saturated rings. The van der Waals surface area contributed by atoms with Crippen molar-refractivity contribution in [2.24, 2.45) is 0 Å². The third-order valence-corrected chi connectivity index (χ3v) is 9.79. The fraction of sp³-hybridized carbons (Fsp3) is 0.414. The van der Waals surface area contributed by atoms with Crippen molar-refractivity contribution in [2.75, 3.05) is 27.3 Å². The fourth-order valence-corrected chi connectivity index (χ4v) is 7.30. The lowest BCUT2D eigenvalue weighted by atomic mass is 9.95. The van der Waals surface area contributed by atoms with Crippen molar-refractivity contribution in [3.63, 3.8) is 0 Å². The number of hydrogen-bond donors (Lipinski definition) is 0. The summed E-state index contributed by atoms with van der Waals surface area (Å²) in [4.78, 5) is 16.9. The van der Waals surface area contributed by atoms with Crippen LogP contribution in [0.3, 0.4) is 0 Å². The summed E-state index contributed by atoms with van der Waals surface area (Å²) in [7, 11) is -0.621. The lowest BCUT2D eigenvalue weighted by molar-refractivity contribution is -0.132. The van der Waals surface area contributed by atoms with Crippen LogP contribution in [0.15, 0.2) is 70.9 Å². The molecule has 2 aromatic carbocycles. The molecule has 0 saturated heterocycles. The van der Waals surface area contributed by atoms with Crippen LogP contribution in [0.2, 0.25) is 0 Å². The first-order chi connectivity index (χ1) is 18.4. The average molecular weight is 557 g/mol. The maximum absolute atomic E-state index is 13.8. The van der Waals surface area contributed by atoms with Gasteiger partial charge in [0.05, 0.1) is 32.2 Å². The Morgan fingerprint density at radius 2 is 1.68 bits per heavy atom. The highest BCUT2D eigenvalue weighted by Crippen LogP contribution is 2.29. The van der Waals surface area contributed by atoms with E-state index in [9.17, 15) is 13.2 Å². The van der Waals surface area contributed by atoms with Gasteiger partial charge < -0.3 is 14.4 Å². The molecule has 0 unspecified atom stereocenters. The number of thiophene rings is 1. The number of carbonyl (C=O) groups is 1. The Labute approximate surface area is 230 Å². The zero-order valence-corrected chi connectivity index (χ0v) is 23.7. The number of ether oxygens (including phenoxy) is 2. The molecule has 1 aliphatic carbocycles. The van der Waals surface area contributed by atoms with Crippen LogP contribution >= 0.6 is 11.3 Å². The topological polar surface area (TPSA) is 76.2 Å². The van der Waals surface area contributed by atoms with Crippen molar-refractivity contribution in [1.29, 1.82) is 0 Å². The Morgan fingerprint density at radius 3 is 2.34 bits per heavy atom. The number of methoxy groups -OCH3 is 2. The molecule has 4 rings (SSSR count). The van der Waals surface area contributed by atoms with Gasteiger partial charge in [-0.2, -0.15) is 4.31 Å². The predicted molar refractivity (Wildman–Crippen MR) is 150 cm³/mol. The summed E-state index contributed by atoms with van der Waals surface area (Å²) in [6.07, 6.45) is 5.19. The van der Waals surface area contributed by atoms with E-state index in [1.54, 1.807) is 60.8 Å². The van der Waals surface area contributed by atoms with Crippen molar-refractivity contribution in [3.8, 4) is 11.5 Å². The fourth-order valence-electron chi connectivity index (χ4n) is 4.92. The normalized spacial score (nSPS) is 14.4. The maximum Gasteiger partial charge on any atom is 0.243 e. The van der Waals surface area contributed by atoms with Crippen molar-refractivity contribution >= 4 is 27.3 Å². The van der Waals surface area contributed by atoms with Gasteiger partial charge >= 0.3 is 0 Å². The van der Waals surface area contributed by atoms with Crippen LogP contribution in [-0.2, 0) is 27.8 Å². The zero-order valence-electron chi connectivity index (χ0n) is 22.0. The zero-order chi connectivity index (χ0) is 27.0. The summed E-state index contributed by atoms with van der Waals surface area (Å²) >= 11 is 1.59. The Hall–Kier alpha value is -2.88. The molecule has 1 amide bonds. The van der Waals surface area contributed by atoms with Crippen LogP contribution in [0.25, 0.3) is 0 Å². The van der Waals surface area contributed by atoms with Crippen LogP contribution in [0.1, 0.15) is 42.5 Å². The van der Waals surface area contributed by atoms with Gasteiger partial charge in [-0.3, -0.25) is 4.79 Å². The first-order valence-electron chi connectivity index (χ1n) is 13.0. The Balaban J connectivity index is 1.57. The van der Waals surface area contributed by atoms with Gasteiger partial charge in [-0.25, -0.2) is 8.42 Å². The minimum absolute atomic E-state index is 0.167. The Bertz CT molecular complexity index is 1270. The molecule has 38 heavy (non-hydrogen) atoms. The van der Waals surface area contributed by atoms with E-state index in [4.69, 9.17) is 9.47 Å². The van der Waals surface area contributed by atoms with Gasteiger partial charge in [-0.1, -0.05) is 49.6 Å². The quantitative estimate of drug-likeness (QED) is 0.300. The van der Waals surface area contributed by atoms with E-state index in [-0.39, 0.29) is 23.4 Å². The standard InChI is InChI=1S/C29H36N2O5S2/c1-35-27-16-15-23(20-28(27)36-2)17-18-30(21-25-12-9-19-37-25)29(32)22-31(24-10-5-3-6-11-24)38(33,34)26-13-7-4-8-14-26/h4,7-9,12-16,19-20,24H,3,5-6,10-11,17-18,21-22H2,1-2H3. The lowest BCUT2D eigenvalue weighted by Gasteiger charge is -2.34. The van der Waals surface area contributed by atoms with E-state index < -0.39 is 10.0 Å². The van der Waals surface area contributed by atoms with Crippen LogP contribution in [-0.4, -0.2) is 56.9 Å². The SMILES string of the molecule is COc1ccc(CCN(Cc2cccs2)C(=O)CN(C2CCCCC2)S(=O)(=O)c2ccccc2)cc1OC. The summed E-state index contributed by atoms with van der Waals surface area (Å²) in [6, 6.07) is 18.0. The number of nitrogens with zero attached hydrogens (tertiary/aromatic N) is 2. The van der Waals surface area contributed by atoms with Gasteiger partial charge in [0.2, 0.25) is 15.9 Å². The smallest absolute Gasteiger partial charge is 0.243 e. The third-order valence-electron chi connectivity index (χ3n) is 7.02. The first kappa shape index (κ1) is 28.1. The molecular weight excluding hydrogens is 520 g/mol. The summed E-state index contributed by atoms with van der Waals surface area (Å²) < 4.78 is 39.7. The van der Waals surface area contributed by atoms with Gasteiger partial charge in [0, 0.05) is 17.5 Å². The summed E-state index contributed by atoms with van der Waals surface area (Å²) in [6.45, 7) is 0.725. The van der Waals surface area contributed by atoms with E-state index in [0.717, 1.165) is 42.5 Å². The van der Waals surface area contributed by atoms with Crippen molar-refractivity contribution in [1.82, 2.24) is 9.21 Å². The van der Waals surface area contributed by atoms with E-state index in [1.165, 1.54) is 4.31 Å². The maximum atomic E-state index is 13.8. The van der Waals surface area contributed by atoms with Crippen LogP contribution in [0.4, 0.5) is 0 Å². The minimum Gasteiger partial charge on any atom is -0.493 e. The highest BCUT2D eigenvalue weighted by molar-refractivity contribution is 7.89. The summed E-state index contributed by atoms with van der Waals surface area (Å²) in [5, 5.41) is 1.99. The Kier molecular flexibility index (Phi) is 9.82. The number of sulfonamides is 1. The van der Waals surface area contributed by atoms with Crippen LogP contribution in [0, 0.1) is 0 Å². The second-order valence-electron chi connectivity index (χ2n) is 9.49. The van der Waals surface area contributed by atoms with Gasteiger partial charge in [0.1, 0.15) is 0 Å². The number of carbonyl (C=O) groups excluding carboxylic acids is 1. The molecule has 0 bridgehead atoms. The van der Waals surface area contributed by atoms with Gasteiger partial charge in [-0.05, 0) is 60.5 Å². The molecule has 0 N–H and O–H groups in total. The monoisotopic (exact) mass is 556 g/mol. The molecule has 0 atom stereocenters. The van der Waals surface area contributed by atoms with Gasteiger partial charge in [-0.15, -0.1) is 11.3 Å². The molecule has 3 aromatic rings. The summed E-state index contributed by atoms with van der Waals surface area (Å²) in [5.74, 6) is 1.10. The molecule has 9 heteroatoms. The number of amides is 1. The largest absolute Gasteiger partial charge is 0.493 e. The van der Waals surface area contributed by atoms with E-state index in [1.807, 2.05) is 35.7 Å². The number of hydrogen-bond acceptors (Lipinski definition) is 6. The molecule has 1 aromatic heterocycles. The highest BCUT2D eigenvalue weighted by atomic mass is 32.2. The van der Waals surface area contributed by atoms with Crippen LogP contribution in [0.5, 0.6) is 11.5 Å². The predicted octanol–water partition coefficient (Wildman–Crippen LogP) is 5.36. The van der Waals surface area contributed by atoms with Crippen molar-refractivity contribution in [3.05, 3.63) is 76.5 Å². The van der Waals surface area contributed by atoms with Crippen molar-refractivity contribution in [2.45, 2.75) is 56.0 Å². The van der Waals surface area contributed by atoms with Gasteiger partial charge in [0.15, 0.2) is 11.5 Å². The number of benzene rings is 2. The third kappa shape index (κ3) is 6.95. The highest BCUT2D eigenvalue weighted by Gasteiger charge is 2.35. The van der Waals surface area contributed by atoms with Crippen LogP contribution < -0.4 is 9.47 Å². The molecule has 1 heterocycles. The van der Waals surface area contributed by atoms with Crippen molar-refractivity contribution < 1.29 is 22.7 Å². The molecule has 0 aliphatic heterocycles. The second kappa shape index (κ2) is 13.3. The molecule has 1 aliphatic rings.